The molecule has 2 heterocycles. The van der Waals surface area contributed by atoms with Crippen LogP contribution in [-0.2, 0) is 6.42 Å². The van der Waals surface area contributed by atoms with E-state index in [1.165, 1.54) is 48.0 Å². The van der Waals surface area contributed by atoms with E-state index >= 15 is 0 Å². The van der Waals surface area contributed by atoms with Crippen molar-refractivity contribution in [2.45, 2.75) is 19.8 Å². The maximum absolute atomic E-state index is 3.43. The Labute approximate surface area is 96.1 Å². The van der Waals surface area contributed by atoms with Crippen LogP contribution in [0.1, 0.15) is 17.5 Å². The molecule has 1 saturated heterocycles. The van der Waals surface area contributed by atoms with Gasteiger partial charge in [-0.25, -0.2) is 0 Å². The summed E-state index contributed by atoms with van der Waals surface area (Å²) in [4.78, 5) is 3.30. The van der Waals surface area contributed by atoms with Crippen molar-refractivity contribution < 1.29 is 0 Å². The van der Waals surface area contributed by atoms with Gasteiger partial charge in [0.25, 0.3) is 0 Å². The van der Waals surface area contributed by atoms with Gasteiger partial charge in [-0.2, -0.15) is 0 Å². The highest BCUT2D eigenvalue weighted by Crippen LogP contribution is 2.22. The second-order valence-corrected chi connectivity index (χ2v) is 4.91. The Kier molecular flexibility index (Phi) is 2.44. The Balaban J connectivity index is 1.88. The van der Waals surface area contributed by atoms with E-state index in [9.17, 15) is 0 Å². The summed E-state index contributed by atoms with van der Waals surface area (Å²) >= 11 is 0. The Morgan fingerprint density at radius 1 is 1.38 bits per heavy atom. The average Bonchev–Trinajstić information content (AvgIpc) is 2.90. The van der Waals surface area contributed by atoms with Crippen LogP contribution in [-0.4, -0.2) is 18.1 Å². The van der Waals surface area contributed by atoms with Crippen LogP contribution < -0.4 is 5.32 Å². The van der Waals surface area contributed by atoms with Crippen molar-refractivity contribution >= 4 is 10.9 Å². The zero-order valence-corrected chi connectivity index (χ0v) is 9.72. The van der Waals surface area contributed by atoms with E-state index in [1.54, 1.807) is 0 Å². The largest absolute Gasteiger partial charge is 0.361 e. The lowest BCUT2D eigenvalue weighted by Crippen LogP contribution is -2.10. The van der Waals surface area contributed by atoms with Gasteiger partial charge in [-0.3, -0.25) is 0 Å². The molecule has 0 aliphatic carbocycles. The fraction of sp³-hybridized carbons (Fsp3) is 0.429. The molecule has 1 aromatic heterocycles. The van der Waals surface area contributed by atoms with Crippen molar-refractivity contribution in [3.8, 4) is 0 Å². The van der Waals surface area contributed by atoms with Crippen molar-refractivity contribution in [1.82, 2.24) is 10.3 Å². The third kappa shape index (κ3) is 1.74. The number of hydrogen-bond acceptors (Lipinski definition) is 1. The summed E-state index contributed by atoms with van der Waals surface area (Å²) in [7, 11) is 0. The normalized spacial score (nSPS) is 20.7. The molecule has 1 atom stereocenters. The van der Waals surface area contributed by atoms with Gasteiger partial charge in [0.15, 0.2) is 0 Å². The smallest absolute Gasteiger partial charge is 0.0456 e. The summed E-state index contributed by atoms with van der Waals surface area (Å²) in [5, 5.41) is 4.81. The van der Waals surface area contributed by atoms with Gasteiger partial charge in [-0.1, -0.05) is 6.07 Å². The number of aromatic amines is 1. The highest BCUT2D eigenvalue weighted by atomic mass is 14.9. The minimum absolute atomic E-state index is 0.830. The topological polar surface area (TPSA) is 27.8 Å². The Morgan fingerprint density at radius 3 is 3.12 bits per heavy atom. The molecule has 2 nitrogen and oxygen atoms in total. The van der Waals surface area contributed by atoms with Gasteiger partial charge < -0.3 is 10.3 Å². The highest BCUT2D eigenvalue weighted by Gasteiger charge is 2.15. The minimum Gasteiger partial charge on any atom is -0.361 e. The molecule has 2 heteroatoms. The zero-order valence-electron chi connectivity index (χ0n) is 9.72. The van der Waals surface area contributed by atoms with E-state index < -0.39 is 0 Å². The maximum atomic E-state index is 3.43. The number of aryl methyl sites for hydroxylation is 1. The molecular weight excluding hydrogens is 196 g/mol. The Hall–Kier alpha value is -1.28. The molecule has 0 bridgehead atoms. The molecule has 84 valence electrons. The molecule has 2 aromatic rings. The van der Waals surface area contributed by atoms with Gasteiger partial charge in [-0.15, -0.1) is 0 Å². The van der Waals surface area contributed by atoms with Crippen molar-refractivity contribution in [3.63, 3.8) is 0 Å². The van der Waals surface area contributed by atoms with Gasteiger partial charge in [0.2, 0.25) is 0 Å². The first kappa shape index (κ1) is 9.91. The second kappa shape index (κ2) is 3.95. The molecule has 0 saturated carbocycles. The van der Waals surface area contributed by atoms with E-state index in [1.807, 2.05) is 0 Å². The van der Waals surface area contributed by atoms with Crippen molar-refractivity contribution in [2.24, 2.45) is 5.92 Å². The number of rotatable bonds is 2. The number of benzene rings is 1. The van der Waals surface area contributed by atoms with Crippen LogP contribution >= 0.6 is 0 Å². The molecule has 0 spiro atoms. The van der Waals surface area contributed by atoms with Gasteiger partial charge in [0.05, 0.1) is 0 Å². The fourth-order valence-corrected chi connectivity index (χ4v) is 2.66. The standard InChI is InChI=1S/C14H18N2/c1-10-8-16-14-3-2-11(7-13(10)14)6-12-4-5-15-9-12/h2-3,7-8,12,15-16H,4-6,9H2,1H3. The quantitative estimate of drug-likeness (QED) is 0.790. The molecule has 3 rings (SSSR count). The summed E-state index contributed by atoms with van der Waals surface area (Å²) in [6.07, 6.45) is 4.63. The Bertz CT molecular complexity index is 492. The molecule has 1 aliphatic rings. The highest BCUT2D eigenvalue weighted by molar-refractivity contribution is 5.83. The van der Waals surface area contributed by atoms with Crippen molar-refractivity contribution in [2.75, 3.05) is 13.1 Å². The first-order chi connectivity index (χ1) is 7.83. The molecule has 1 aliphatic heterocycles. The lowest BCUT2D eigenvalue weighted by atomic mass is 9.97. The second-order valence-electron chi connectivity index (χ2n) is 4.91. The summed E-state index contributed by atoms with van der Waals surface area (Å²) in [6.45, 7) is 4.54. The predicted octanol–water partition coefficient (Wildman–Crippen LogP) is 2.63. The maximum Gasteiger partial charge on any atom is 0.0456 e. The molecule has 1 aromatic carbocycles. The van der Waals surface area contributed by atoms with E-state index in [0.29, 0.717) is 0 Å². The van der Waals surface area contributed by atoms with Crippen LogP contribution in [0.3, 0.4) is 0 Å². The predicted molar refractivity (Wildman–Crippen MR) is 67.7 cm³/mol. The van der Waals surface area contributed by atoms with Crippen LogP contribution in [0, 0.1) is 12.8 Å². The number of H-pyrrole nitrogens is 1. The number of nitrogens with one attached hydrogen (secondary N) is 2. The van der Waals surface area contributed by atoms with Gasteiger partial charge in [-0.05, 0) is 62.0 Å². The molecular formula is C14H18N2. The van der Waals surface area contributed by atoms with Crippen LogP contribution in [0.4, 0.5) is 0 Å². The number of aromatic nitrogens is 1. The van der Waals surface area contributed by atoms with Crippen molar-refractivity contribution in [1.29, 1.82) is 0 Å². The van der Waals surface area contributed by atoms with Gasteiger partial charge in [0.1, 0.15) is 0 Å². The third-order valence-corrected chi connectivity index (χ3v) is 3.64. The number of hydrogen-bond donors (Lipinski definition) is 2. The zero-order chi connectivity index (χ0) is 11.0. The molecule has 16 heavy (non-hydrogen) atoms. The fourth-order valence-electron chi connectivity index (χ4n) is 2.66. The summed E-state index contributed by atoms with van der Waals surface area (Å²) in [6, 6.07) is 6.82. The van der Waals surface area contributed by atoms with Crippen LogP contribution in [0.5, 0.6) is 0 Å². The Morgan fingerprint density at radius 2 is 2.31 bits per heavy atom. The van der Waals surface area contributed by atoms with Gasteiger partial charge in [0, 0.05) is 17.1 Å². The minimum atomic E-state index is 0.830. The molecule has 0 amide bonds. The summed E-state index contributed by atoms with van der Waals surface area (Å²) in [5.41, 5.74) is 4.08. The van der Waals surface area contributed by atoms with Crippen molar-refractivity contribution in [3.05, 3.63) is 35.5 Å². The lowest BCUT2D eigenvalue weighted by molar-refractivity contribution is 0.580. The third-order valence-electron chi connectivity index (χ3n) is 3.64. The van der Waals surface area contributed by atoms with Crippen LogP contribution in [0.15, 0.2) is 24.4 Å². The van der Waals surface area contributed by atoms with E-state index in [2.05, 4.69) is 41.6 Å². The van der Waals surface area contributed by atoms with E-state index in [4.69, 9.17) is 0 Å². The first-order valence-corrected chi connectivity index (χ1v) is 6.10. The molecule has 1 unspecified atom stereocenters. The summed E-state index contributed by atoms with van der Waals surface area (Å²) in [5.74, 6) is 0.830. The summed E-state index contributed by atoms with van der Waals surface area (Å²) < 4.78 is 0. The van der Waals surface area contributed by atoms with Gasteiger partial charge >= 0.3 is 0 Å². The van der Waals surface area contributed by atoms with E-state index in [-0.39, 0.29) is 0 Å². The first-order valence-electron chi connectivity index (χ1n) is 6.10. The monoisotopic (exact) mass is 214 g/mol. The lowest BCUT2D eigenvalue weighted by Gasteiger charge is -2.08. The number of fused-ring (bicyclic) bond motifs is 1. The SMILES string of the molecule is Cc1c[nH]c2ccc(CC3CCNC3)cc12. The molecule has 1 fully saturated rings. The van der Waals surface area contributed by atoms with Crippen LogP contribution in [0.25, 0.3) is 10.9 Å². The van der Waals surface area contributed by atoms with Crippen LogP contribution in [0.2, 0.25) is 0 Å². The average molecular weight is 214 g/mol. The molecule has 0 radical (unpaired) electrons. The molecule has 2 N–H and O–H groups in total. The van der Waals surface area contributed by atoms with E-state index in [0.717, 1.165) is 5.92 Å².